The summed E-state index contributed by atoms with van der Waals surface area (Å²) in [6, 6.07) is 0. The molecule has 0 aromatic heterocycles. The van der Waals surface area contributed by atoms with Gasteiger partial charge in [0.05, 0.1) is 6.10 Å². The van der Waals surface area contributed by atoms with E-state index in [1.165, 1.54) is 19.3 Å². The average Bonchev–Trinajstić information content (AvgIpc) is 3.05. The fraction of sp³-hybridized carbons (Fsp3) is 0.893. The van der Waals surface area contributed by atoms with Crippen molar-refractivity contribution in [3.05, 3.63) is 12.2 Å². The number of carbonyl (C=O) groups excluding carboxylic acids is 1. The van der Waals surface area contributed by atoms with E-state index < -0.39 is 11.7 Å². The minimum absolute atomic E-state index is 0.0152. The molecule has 0 spiro atoms. The van der Waals surface area contributed by atoms with Gasteiger partial charge in [-0.05, 0) is 85.4 Å². The summed E-state index contributed by atoms with van der Waals surface area (Å²) in [7, 11) is 0. The van der Waals surface area contributed by atoms with Gasteiger partial charge < -0.3 is 10.2 Å². The summed E-state index contributed by atoms with van der Waals surface area (Å²) in [6.07, 6.45) is 11.4. The Labute approximate surface area is 190 Å². The largest absolute Gasteiger partial charge is 0.393 e. The van der Waals surface area contributed by atoms with Crippen molar-refractivity contribution in [1.29, 1.82) is 0 Å². The van der Waals surface area contributed by atoms with Crippen molar-refractivity contribution in [3.63, 3.8) is 0 Å². The van der Waals surface area contributed by atoms with Gasteiger partial charge >= 0.3 is 0 Å². The molecule has 3 nitrogen and oxygen atoms in total. The van der Waals surface area contributed by atoms with Crippen LogP contribution in [0.25, 0.3) is 0 Å². The number of aliphatic hydroxyl groups is 2. The highest BCUT2D eigenvalue weighted by Gasteiger charge is 2.67. The van der Waals surface area contributed by atoms with Crippen molar-refractivity contribution in [2.75, 3.05) is 0 Å². The highest BCUT2D eigenvalue weighted by molar-refractivity contribution is 5.89. The molecule has 4 saturated carbocycles. The zero-order valence-electron chi connectivity index (χ0n) is 20.7. The average molecular weight is 431 g/mol. The van der Waals surface area contributed by atoms with Crippen LogP contribution >= 0.6 is 0 Å². The number of hydrogen-bond acceptors (Lipinski definition) is 3. The second-order valence-corrected chi connectivity index (χ2v) is 12.8. The zero-order chi connectivity index (χ0) is 22.8. The molecule has 0 bridgehead atoms. The summed E-state index contributed by atoms with van der Waals surface area (Å²) in [5.74, 6) is 3.96. The Morgan fingerprint density at radius 2 is 1.68 bits per heavy atom. The number of hydrogen-bond donors (Lipinski definition) is 2. The molecule has 176 valence electrons. The maximum atomic E-state index is 13.3. The first-order valence-electron chi connectivity index (χ1n) is 13.1. The minimum atomic E-state index is -1.32. The minimum Gasteiger partial charge on any atom is -0.393 e. The molecule has 10 atom stereocenters. The van der Waals surface area contributed by atoms with Crippen LogP contribution in [0.4, 0.5) is 0 Å². The van der Waals surface area contributed by atoms with Crippen molar-refractivity contribution in [2.45, 2.75) is 105 Å². The van der Waals surface area contributed by atoms with E-state index in [9.17, 15) is 15.0 Å². The second-order valence-electron chi connectivity index (χ2n) is 12.8. The van der Waals surface area contributed by atoms with Gasteiger partial charge in [0.15, 0.2) is 5.78 Å². The van der Waals surface area contributed by atoms with Gasteiger partial charge in [-0.2, -0.15) is 0 Å². The maximum absolute atomic E-state index is 13.3. The van der Waals surface area contributed by atoms with Crippen molar-refractivity contribution in [3.8, 4) is 0 Å². The van der Waals surface area contributed by atoms with Crippen LogP contribution in [0, 0.1) is 52.3 Å². The van der Waals surface area contributed by atoms with Gasteiger partial charge in [-0.3, -0.25) is 4.79 Å². The maximum Gasteiger partial charge on any atom is 0.165 e. The quantitative estimate of drug-likeness (QED) is 0.556. The van der Waals surface area contributed by atoms with E-state index in [0.29, 0.717) is 53.3 Å². The summed E-state index contributed by atoms with van der Waals surface area (Å²) in [6.45, 7) is 14.0. The molecule has 4 rings (SSSR count). The molecule has 3 heteroatoms. The first kappa shape index (κ1) is 23.5. The SMILES string of the molecule is CC(C)[C@@H](C)C=C[C@@H](C)[C@H]1CC[C@H]2[C@@H]3CC(=O)[C@@]4(O)C[C@@H](O)CC[C@]4(C)[C@H]3CC[C@]12C. The van der Waals surface area contributed by atoms with Gasteiger partial charge in [0.25, 0.3) is 0 Å². The number of Topliss-reactive ketones (excluding diaryl/α,β-unsaturated/α-hetero) is 1. The predicted molar refractivity (Wildman–Crippen MR) is 125 cm³/mol. The molecule has 0 unspecified atom stereocenters. The second kappa shape index (κ2) is 7.97. The zero-order valence-corrected chi connectivity index (χ0v) is 20.7. The Morgan fingerprint density at radius 3 is 2.35 bits per heavy atom. The molecular weight excluding hydrogens is 384 g/mol. The number of rotatable bonds is 4. The molecule has 4 fully saturated rings. The van der Waals surface area contributed by atoms with Gasteiger partial charge in [0, 0.05) is 18.3 Å². The van der Waals surface area contributed by atoms with Crippen LogP contribution in [0.15, 0.2) is 12.2 Å². The molecule has 0 heterocycles. The number of ketones is 1. The number of allylic oxidation sites excluding steroid dienone is 2. The molecule has 0 amide bonds. The summed E-state index contributed by atoms with van der Waals surface area (Å²) in [5, 5.41) is 21.8. The van der Waals surface area contributed by atoms with E-state index in [1.807, 2.05) is 0 Å². The predicted octanol–water partition coefficient (Wildman–Crippen LogP) is 5.78. The summed E-state index contributed by atoms with van der Waals surface area (Å²) < 4.78 is 0. The third-order valence-corrected chi connectivity index (χ3v) is 11.1. The molecule has 2 N–H and O–H groups in total. The Balaban J connectivity index is 1.57. The van der Waals surface area contributed by atoms with Crippen LogP contribution in [0.2, 0.25) is 0 Å². The van der Waals surface area contributed by atoms with Crippen LogP contribution in [0.3, 0.4) is 0 Å². The van der Waals surface area contributed by atoms with Gasteiger partial charge in [-0.1, -0.05) is 53.7 Å². The normalized spacial score (nSPS) is 49.6. The van der Waals surface area contributed by atoms with Gasteiger partial charge in [-0.15, -0.1) is 0 Å². The summed E-state index contributed by atoms with van der Waals surface area (Å²) >= 11 is 0. The van der Waals surface area contributed by atoms with Crippen molar-refractivity contribution in [2.24, 2.45) is 52.3 Å². The highest BCUT2D eigenvalue weighted by atomic mass is 16.3. The monoisotopic (exact) mass is 430 g/mol. The summed E-state index contributed by atoms with van der Waals surface area (Å²) in [5.41, 5.74) is -1.39. The Morgan fingerprint density at radius 1 is 0.968 bits per heavy atom. The lowest BCUT2D eigenvalue weighted by Gasteiger charge is -2.63. The highest BCUT2D eigenvalue weighted by Crippen LogP contribution is 2.68. The Bertz CT molecular complexity index is 728. The standard InChI is InChI=1S/C28H46O3/c1-17(2)18(3)7-8-19(4)22-9-10-23-21-15-25(30)28(31)16-20(29)11-14-27(28,6)24(21)12-13-26(22,23)5/h7-8,17-24,29,31H,9-16H2,1-6H3/t18-,19+,20-,21-,22+,23-,24-,26+,27+,28-/m0/s1. The molecule has 4 aliphatic rings. The molecule has 4 aliphatic carbocycles. The lowest BCUT2D eigenvalue weighted by atomic mass is 9.42. The number of carbonyl (C=O) groups is 1. The van der Waals surface area contributed by atoms with E-state index >= 15 is 0 Å². The molecule has 31 heavy (non-hydrogen) atoms. The van der Waals surface area contributed by atoms with Crippen molar-refractivity contribution < 1.29 is 15.0 Å². The molecule has 0 radical (unpaired) electrons. The molecular formula is C28H46O3. The van der Waals surface area contributed by atoms with E-state index in [0.717, 1.165) is 19.3 Å². The van der Waals surface area contributed by atoms with E-state index in [1.54, 1.807) is 0 Å². The van der Waals surface area contributed by atoms with Crippen LogP contribution in [-0.4, -0.2) is 27.7 Å². The molecule has 0 aromatic carbocycles. The van der Waals surface area contributed by atoms with E-state index in [-0.39, 0.29) is 17.6 Å². The fourth-order valence-corrected chi connectivity index (χ4v) is 8.63. The Kier molecular flexibility index (Phi) is 6.04. The van der Waals surface area contributed by atoms with Crippen LogP contribution in [-0.2, 0) is 4.79 Å². The van der Waals surface area contributed by atoms with Gasteiger partial charge in [0.2, 0.25) is 0 Å². The lowest BCUT2D eigenvalue weighted by Crippen LogP contribution is -2.67. The first-order chi connectivity index (χ1) is 14.4. The van der Waals surface area contributed by atoms with Crippen molar-refractivity contribution >= 4 is 5.78 Å². The number of aliphatic hydroxyl groups excluding tert-OH is 1. The Hall–Kier alpha value is -0.670. The smallest absolute Gasteiger partial charge is 0.165 e. The molecule has 0 aromatic rings. The van der Waals surface area contributed by atoms with Gasteiger partial charge in [-0.25, -0.2) is 0 Å². The van der Waals surface area contributed by atoms with Crippen LogP contribution in [0.1, 0.15) is 92.9 Å². The topological polar surface area (TPSA) is 57.5 Å². The van der Waals surface area contributed by atoms with Crippen molar-refractivity contribution in [1.82, 2.24) is 0 Å². The third kappa shape index (κ3) is 3.48. The van der Waals surface area contributed by atoms with Crippen LogP contribution in [0.5, 0.6) is 0 Å². The van der Waals surface area contributed by atoms with E-state index in [2.05, 4.69) is 53.7 Å². The fourth-order valence-electron chi connectivity index (χ4n) is 8.63. The number of fused-ring (bicyclic) bond motifs is 5. The van der Waals surface area contributed by atoms with Crippen LogP contribution < -0.4 is 0 Å². The first-order valence-corrected chi connectivity index (χ1v) is 13.1. The third-order valence-electron chi connectivity index (χ3n) is 11.1. The molecule has 0 saturated heterocycles. The van der Waals surface area contributed by atoms with Gasteiger partial charge in [0.1, 0.15) is 5.60 Å². The molecule has 0 aliphatic heterocycles. The lowest BCUT2D eigenvalue weighted by molar-refractivity contribution is -0.213. The van der Waals surface area contributed by atoms with E-state index in [4.69, 9.17) is 0 Å². The summed E-state index contributed by atoms with van der Waals surface area (Å²) in [4.78, 5) is 13.3.